The van der Waals surface area contributed by atoms with Gasteiger partial charge in [-0.05, 0) is 67.6 Å². The van der Waals surface area contributed by atoms with Crippen molar-refractivity contribution in [2.24, 2.45) is 0 Å². The van der Waals surface area contributed by atoms with Crippen molar-refractivity contribution in [2.45, 2.75) is 19.4 Å². The number of amides is 1. The number of carbonyl (C=O) groups excluding carboxylic acids is 1. The van der Waals surface area contributed by atoms with E-state index < -0.39 is 12.8 Å². The van der Waals surface area contributed by atoms with Crippen LogP contribution >= 0.6 is 0 Å². The average Bonchev–Trinajstić information content (AvgIpc) is 2.86. The smallest absolute Gasteiger partial charge is 0.265 e. The summed E-state index contributed by atoms with van der Waals surface area (Å²) in [5.41, 5.74) is 1.54. The Balaban J connectivity index is 1.30. The monoisotopic (exact) mass is 479 g/mol. The molecule has 4 rings (SSSR count). The first kappa shape index (κ1) is 23.9. The Morgan fingerprint density at radius 1 is 0.971 bits per heavy atom. The number of anilines is 1. The van der Waals surface area contributed by atoms with Gasteiger partial charge in [0.2, 0.25) is 5.88 Å². The second-order valence-electron chi connectivity index (χ2n) is 7.58. The first-order valence-electron chi connectivity index (χ1n) is 11.0. The first-order chi connectivity index (χ1) is 17.0. The first-order valence-corrected chi connectivity index (χ1v) is 11.0. The molecular formula is C26H23F2N3O4. The summed E-state index contributed by atoms with van der Waals surface area (Å²) in [6.07, 6.45) is 0.996. The molecule has 1 amide bonds. The molecule has 0 spiro atoms. The molecule has 0 radical (unpaired) electrons. The second-order valence-corrected chi connectivity index (χ2v) is 7.58. The lowest BCUT2D eigenvalue weighted by atomic mass is 10.2. The van der Waals surface area contributed by atoms with Crippen LogP contribution in [0.15, 0.2) is 72.9 Å². The molecule has 1 heterocycles. The van der Waals surface area contributed by atoms with E-state index in [1.54, 1.807) is 55.5 Å². The van der Waals surface area contributed by atoms with E-state index in [-0.39, 0.29) is 17.6 Å². The minimum Gasteiger partial charge on any atom is -0.493 e. The highest BCUT2D eigenvalue weighted by Crippen LogP contribution is 2.24. The van der Waals surface area contributed by atoms with Gasteiger partial charge in [-0.25, -0.2) is 14.4 Å². The minimum absolute atomic E-state index is 0.268. The van der Waals surface area contributed by atoms with Crippen molar-refractivity contribution < 1.29 is 27.8 Å². The lowest BCUT2D eigenvalue weighted by molar-refractivity contribution is -0.122. The number of nitrogens with zero attached hydrogens (tertiary/aromatic N) is 2. The fourth-order valence-corrected chi connectivity index (χ4v) is 3.10. The molecule has 0 saturated carbocycles. The van der Waals surface area contributed by atoms with Gasteiger partial charge in [-0.1, -0.05) is 0 Å². The van der Waals surface area contributed by atoms with Gasteiger partial charge in [-0.2, -0.15) is 0 Å². The van der Waals surface area contributed by atoms with Crippen LogP contribution in [0.3, 0.4) is 0 Å². The number of alkyl halides is 1. The Morgan fingerprint density at radius 2 is 1.69 bits per heavy atom. The van der Waals surface area contributed by atoms with Crippen molar-refractivity contribution in [3.05, 3.63) is 78.7 Å². The number of hydrogen-bond acceptors (Lipinski definition) is 6. The molecule has 1 aromatic heterocycles. The van der Waals surface area contributed by atoms with Gasteiger partial charge < -0.3 is 19.5 Å². The summed E-state index contributed by atoms with van der Waals surface area (Å²) in [5, 5.41) is 2.78. The molecule has 0 aliphatic heterocycles. The molecule has 7 nitrogen and oxygen atoms in total. The van der Waals surface area contributed by atoms with Gasteiger partial charge in [-0.3, -0.25) is 9.18 Å². The van der Waals surface area contributed by atoms with Crippen molar-refractivity contribution in [2.75, 3.05) is 18.6 Å². The van der Waals surface area contributed by atoms with Crippen LogP contribution in [-0.2, 0) is 4.79 Å². The predicted octanol–water partition coefficient (Wildman–Crippen LogP) is 5.71. The number of ether oxygens (including phenoxy) is 3. The number of hydrogen-bond donors (Lipinski definition) is 1. The average molecular weight is 479 g/mol. The molecule has 1 N–H and O–H groups in total. The van der Waals surface area contributed by atoms with Gasteiger partial charge in [0.25, 0.3) is 5.91 Å². The molecule has 180 valence electrons. The van der Waals surface area contributed by atoms with Crippen molar-refractivity contribution in [3.8, 4) is 23.1 Å². The van der Waals surface area contributed by atoms with Crippen LogP contribution in [0.4, 0.5) is 14.5 Å². The zero-order valence-electron chi connectivity index (χ0n) is 18.9. The van der Waals surface area contributed by atoms with Crippen LogP contribution in [-0.4, -0.2) is 35.3 Å². The molecular weight excluding hydrogens is 456 g/mol. The van der Waals surface area contributed by atoms with Crippen LogP contribution in [0, 0.1) is 5.82 Å². The summed E-state index contributed by atoms with van der Waals surface area (Å²) in [6, 6.07) is 17.7. The van der Waals surface area contributed by atoms with Crippen LogP contribution in [0.5, 0.6) is 23.1 Å². The molecule has 0 aliphatic carbocycles. The number of halogens is 2. The Bertz CT molecular complexity index is 1280. The Labute approximate surface area is 200 Å². The maximum atomic E-state index is 13.3. The molecule has 35 heavy (non-hydrogen) atoms. The van der Waals surface area contributed by atoms with Gasteiger partial charge in [0, 0.05) is 18.2 Å². The molecule has 0 aliphatic rings. The van der Waals surface area contributed by atoms with E-state index in [9.17, 15) is 13.6 Å². The molecule has 1 unspecified atom stereocenters. The summed E-state index contributed by atoms with van der Waals surface area (Å²) < 4.78 is 42.3. The third-order valence-corrected chi connectivity index (χ3v) is 4.88. The summed E-state index contributed by atoms with van der Waals surface area (Å²) in [5.74, 6) is 1.15. The van der Waals surface area contributed by atoms with Crippen molar-refractivity contribution in [1.82, 2.24) is 9.97 Å². The Hall–Kier alpha value is -4.27. The lowest BCUT2D eigenvalue weighted by Gasteiger charge is -2.15. The third kappa shape index (κ3) is 6.63. The lowest BCUT2D eigenvalue weighted by Crippen LogP contribution is -2.30. The predicted molar refractivity (Wildman–Crippen MR) is 127 cm³/mol. The van der Waals surface area contributed by atoms with E-state index in [1.807, 2.05) is 0 Å². The Kier molecular flexibility index (Phi) is 7.67. The Morgan fingerprint density at radius 3 is 2.43 bits per heavy atom. The number of nitrogens with one attached hydrogen (secondary N) is 1. The number of rotatable bonds is 10. The molecule has 9 heteroatoms. The summed E-state index contributed by atoms with van der Waals surface area (Å²) in [7, 11) is 0. The normalized spacial score (nSPS) is 11.6. The molecule has 1 atom stereocenters. The number of fused-ring (bicyclic) bond motifs is 1. The van der Waals surface area contributed by atoms with Gasteiger partial charge in [0.05, 0.1) is 30.5 Å². The highest BCUT2D eigenvalue weighted by Gasteiger charge is 2.15. The number of benzene rings is 3. The number of aromatic nitrogens is 2. The molecule has 4 aromatic rings. The quantitative estimate of drug-likeness (QED) is 0.294. The zero-order valence-corrected chi connectivity index (χ0v) is 18.9. The molecule has 0 bridgehead atoms. The van der Waals surface area contributed by atoms with Crippen LogP contribution in [0.2, 0.25) is 0 Å². The fourth-order valence-electron chi connectivity index (χ4n) is 3.10. The standard InChI is InChI=1S/C26H23F2N3O4/c1-17(26(32)30-19-4-6-20(7-5-19)33-14-2-13-27)34-21-8-10-22(11-9-21)35-25-16-29-24-15-18(28)3-12-23(24)31-25/h3-12,15-17H,2,13-14H2,1H3,(H,30,32). The van der Waals surface area contributed by atoms with Gasteiger partial charge >= 0.3 is 0 Å². The van der Waals surface area contributed by atoms with Gasteiger partial charge in [0.1, 0.15) is 23.1 Å². The third-order valence-electron chi connectivity index (χ3n) is 4.88. The van der Waals surface area contributed by atoms with E-state index in [0.29, 0.717) is 47.0 Å². The SMILES string of the molecule is CC(Oc1ccc(Oc2cnc3cc(F)ccc3n2)cc1)C(=O)Nc1ccc(OCCCF)cc1. The summed E-state index contributed by atoms with van der Waals surface area (Å²) in [6.45, 7) is 1.51. The fraction of sp³-hybridized carbons (Fsp3) is 0.192. The van der Waals surface area contributed by atoms with E-state index in [4.69, 9.17) is 14.2 Å². The number of carbonyl (C=O) groups is 1. The van der Waals surface area contributed by atoms with Crippen molar-refractivity contribution in [3.63, 3.8) is 0 Å². The summed E-state index contributed by atoms with van der Waals surface area (Å²) in [4.78, 5) is 20.9. The van der Waals surface area contributed by atoms with Gasteiger partial charge in [-0.15, -0.1) is 0 Å². The van der Waals surface area contributed by atoms with E-state index in [0.717, 1.165) is 0 Å². The van der Waals surface area contributed by atoms with Crippen LogP contribution < -0.4 is 19.5 Å². The second kappa shape index (κ2) is 11.2. The molecule has 3 aromatic carbocycles. The maximum Gasteiger partial charge on any atom is 0.265 e. The molecule has 0 saturated heterocycles. The van der Waals surface area contributed by atoms with Crippen LogP contribution in [0.25, 0.3) is 11.0 Å². The molecule has 0 fully saturated rings. The van der Waals surface area contributed by atoms with Gasteiger partial charge in [0.15, 0.2) is 6.10 Å². The van der Waals surface area contributed by atoms with Crippen LogP contribution in [0.1, 0.15) is 13.3 Å². The van der Waals surface area contributed by atoms with Crippen molar-refractivity contribution >= 4 is 22.6 Å². The topological polar surface area (TPSA) is 82.6 Å². The van der Waals surface area contributed by atoms with E-state index >= 15 is 0 Å². The van der Waals surface area contributed by atoms with Crippen molar-refractivity contribution in [1.29, 1.82) is 0 Å². The highest BCUT2D eigenvalue weighted by molar-refractivity contribution is 5.94. The maximum absolute atomic E-state index is 13.3. The minimum atomic E-state index is -0.756. The zero-order chi connectivity index (χ0) is 24.6. The van der Waals surface area contributed by atoms with E-state index in [1.165, 1.54) is 24.4 Å². The largest absolute Gasteiger partial charge is 0.493 e. The highest BCUT2D eigenvalue weighted by atomic mass is 19.1. The van der Waals surface area contributed by atoms with E-state index in [2.05, 4.69) is 15.3 Å². The summed E-state index contributed by atoms with van der Waals surface area (Å²) >= 11 is 0.